The molecule has 1 aliphatic rings. The van der Waals surface area contributed by atoms with Gasteiger partial charge in [-0.3, -0.25) is 0 Å². The van der Waals surface area contributed by atoms with E-state index in [1.165, 1.54) is 64.3 Å². The van der Waals surface area contributed by atoms with E-state index < -0.39 is 0 Å². The van der Waals surface area contributed by atoms with E-state index in [9.17, 15) is 0 Å². The first kappa shape index (κ1) is 17.0. The van der Waals surface area contributed by atoms with Gasteiger partial charge in [0.2, 0.25) is 0 Å². The van der Waals surface area contributed by atoms with Gasteiger partial charge in [-0.05, 0) is 57.4 Å². The van der Waals surface area contributed by atoms with Crippen LogP contribution in [0, 0.1) is 5.92 Å². The summed E-state index contributed by atoms with van der Waals surface area (Å²) >= 11 is 0. The second-order valence-corrected chi connectivity index (χ2v) is 6.11. The quantitative estimate of drug-likeness (QED) is 0.595. The molecule has 2 heteroatoms. The van der Waals surface area contributed by atoms with E-state index in [4.69, 9.17) is 4.74 Å². The maximum atomic E-state index is 5.78. The molecule has 114 valence electrons. The standard InChI is InChI=1S/C17H35NO/c1-4-8-15(9-5-2)17(18-13-6-3)12-11-16-10-7-14-19-16/h15-18H,4-14H2,1-3H3. The Morgan fingerprint density at radius 3 is 2.32 bits per heavy atom. The normalized spacial score (nSPS) is 21.2. The Balaban J connectivity index is 2.41. The van der Waals surface area contributed by atoms with Gasteiger partial charge < -0.3 is 10.1 Å². The summed E-state index contributed by atoms with van der Waals surface area (Å²) < 4.78 is 5.78. The highest BCUT2D eigenvalue weighted by atomic mass is 16.5. The number of nitrogens with one attached hydrogen (secondary N) is 1. The molecule has 0 aromatic carbocycles. The first-order chi connectivity index (χ1) is 9.31. The van der Waals surface area contributed by atoms with Crippen LogP contribution in [-0.4, -0.2) is 25.3 Å². The predicted octanol–water partition coefficient (Wildman–Crippen LogP) is 4.53. The van der Waals surface area contributed by atoms with Crippen LogP contribution in [0.3, 0.4) is 0 Å². The summed E-state index contributed by atoms with van der Waals surface area (Å²) in [5.74, 6) is 0.864. The van der Waals surface area contributed by atoms with Gasteiger partial charge in [-0.1, -0.05) is 33.6 Å². The Bertz CT molecular complexity index is 195. The van der Waals surface area contributed by atoms with Crippen LogP contribution in [0.5, 0.6) is 0 Å². The minimum absolute atomic E-state index is 0.551. The molecule has 2 nitrogen and oxygen atoms in total. The van der Waals surface area contributed by atoms with Crippen LogP contribution in [-0.2, 0) is 4.74 Å². The summed E-state index contributed by atoms with van der Waals surface area (Å²) in [5.41, 5.74) is 0. The molecule has 19 heavy (non-hydrogen) atoms. The lowest BCUT2D eigenvalue weighted by atomic mass is 9.87. The lowest BCUT2D eigenvalue weighted by Crippen LogP contribution is -2.37. The van der Waals surface area contributed by atoms with E-state index in [-0.39, 0.29) is 0 Å². The monoisotopic (exact) mass is 269 g/mol. The number of rotatable bonds is 11. The molecule has 1 fully saturated rings. The van der Waals surface area contributed by atoms with Crippen molar-refractivity contribution in [2.24, 2.45) is 5.92 Å². The highest BCUT2D eigenvalue weighted by molar-refractivity contribution is 4.78. The number of hydrogen-bond acceptors (Lipinski definition) is 2. The topological polar surface area (TPSA) is 21.3 Å². The van der Waals surface area contributed by atoms with Crippen molar-refractivity contribution in [3.05, 3.63) is 0 Å². The van der Waals surface area contributed by atoms with Crippen LogP contribution in [0.2, 0.25) is 0 Å². The Morgan fingerprint density at radius 1 is 1.05 bits per heavy atom. The molecule has 1 rings (SSSR count). The van der Waals surface area contributed by atoms with Gasteiger partial charge in [-0.2, -0.15) is 0 Å². The Labute approximate surface area is 120 Å². The summed E-state index contributed by atoms with van der Waals surface area (Å²) in [4.78, 5) is 0. The van der Waals surface area contributed by atoms with Gasteiger partial charge in [0.15, 0.2) is 0 Å². The van der Waals surface area contributed by atoms with Crippen LogP contribution in [0.15, 0.2) is 0 Å². The summed E-state index contributed by atoms with van der Waals surface area (Å²) in [6.45, 7) is 9.06. The van der Waals surface area contributed by atoms with Crippen molar-refractivity contribution in [1.82, 2.24) is 5.32 Å². The van der Waals surface area contributed by atoms with Crippen molar-refractivity contribution < 1.29 is 4.74 Å². The van der Waals surface area contributed by atoms with E-state index in [0.717, 1.165) is 12.5 Å². The van der Waals surface area contributed by atoms with Crippen LogP contribution < -0.4 is 5.32 Å². The minimum atomic E-state index is 0.551. The molecule has 0 aromatic heterocycles. The zero-order chi connectivity index (χ0) is 13.9. The molecule has 2 atom stereocenters. The molecule has 0 aliphatic carbocycles. The molecule has 2 unspecified atom stereocenters. The summed E-state index contributed by atoms with van der Waals surface area (Å²) in [5, 5.41) is 3.81. The number of ether oxygens (including phenoxy) is 1. The largest absolute Gasteiger partial charge is 0.378 e. The Morgan fingerprint density at radius 2 is 1.79 bits per heavy atom. The van der Waals surface area contributed by atoms with Gasteiger partial charge in [0, 0.05) is 12.6 Å². The second-order valence-electron chi connectivity index (χ2n) is 6.11. The molecular weight excluding hydrogens is 234 g/mol. The molecule has 1 heterocycles. The van der Waals surface area contributed by atoms with Crippen LogP contribution >= 0.6 is 0 Å². The lowest BCUT2D eigenvalue weighted by molar-refractivity contribution is 0.0963. The lowest BCUT2D eigenvalue weighted by Gasteiger charge is -2.29. The molecule has 0 bridgehead atoms. The fourth-order valence-corrected chi connectivity index (χ4v) is 3.36. The minimum Gasteiger partial charge on any atom is -0.378 e. The van der Waals surface area contributed by atoms with Crippen molar-refractivity contribution in [2.45, 2.75) is 90.7 Å². The zero-order valence-corrected chi connectivity index (χ0v) is 13.4. The van der Waals surface area contributed by atoms with Crippen molar-refractivity contribution in [1.29, 1.82) is 0 Å². The molecule has 0 saturated carbocycles. The van der Waals surface area contributed by atoms with Gasteiger partial charge >= 0.3 is 0 Å². The molecule has 0 spiro atoms. The highest BCUT2D eigenvalue weighted by Crippen LogP contribution is 2.24. The van der Waals surface area contributed by atoms with E-state index in [1.54, 1.807) is 0 Å². The molecule has 0 amide bonds. The van der Waals surface area contributed by atoms with Gasteiger partial charge in [0.25, 0.3) is 0 Å². The third-order valence-corrected chi connectivity index (χ3v) is 4.37. The van der Waals surface area contributed by atoms with Crippen molar-refractivity contribution >= 4 is 0 Å². The Hall–Kier alpha value is -0.0800. The molecule has 0 aromatic rings. The van der Waals surface area contributed by atoms with Gasteiger partial charge in [-0.25, -0.2) is 0 Å². The molecule has 0 radical (unpaired) electrons. The smallest absolute Gasteiger partial charge is 0.0576 e. The molecule has 1 aliphatic heterocycles. The van der Waals surface area contributed by atoms with Gasteiger partial charge in [-0.15, -0.1) is 0 Å². The van der Waals surface area contributed by atoms with E-state index >= 15 is 0 Å². The van der Waals surface area contributed by atoms with Crippen LogP contribution in [0.4, 0.5) is 0 Å². The summed E-state index contributed by atoms with van der Waals surface area (Å²) in [7, 11) is 0. The molecule has 1 N–H and O–H groups in total. The van der Waals surface area contributed by atoms with Crippen molar-refractivity contribution in [2.75, 3.05) is 13.2 Å². The molecular formula is C17H35NO. The number of hydrogen-bond donors (Lipinski definition) is 1. The van der Waals surface area contributed by atoms with E-state index in [1.807, 2.05) is 0 Å². The van der Waals surface area contributed by atoms with Crippen LogP contribution in [0.25, 0.3) is 0 Å². The zero-order valence-electron chi connectivity index (χ0n) is 13.4. The summed E-state index contributed by atoms with van der Waals surface area (Å²) in [6, 6.07) is 0.712. The van der Waals surface area contributed by atoms with Crippen molar-refractivity contribution in [3.63, 3.8) is 0 Å². The van der Waals surface area contributed by atoms with Crippen molar-refractivity contribution in [3.8, 4) is 0 Å². The predicted molar refractivity (Wildman–Crippen MR) is 83.6 cm³/mol. The maximum Gasteiger partial charge on any atom is 0.0576 e. The third-order valence-electron chi connectivity index (χ3n) is 4.37. The highest BCUT2D eigenvalue weighted by Gasteiger charge is 2.22. The van der Waals surface area contributed by atoms with E-state index in [0.29, 0.717) is 12.1 Å². The maximum absolute atomic E-state index is 5.78. The Kier molecular flexibility index (Phi) is 9.54. The average Bonchev–Trinajstić information content (AvgIpc) is 2.92. The van der Waals surface area contributed by atoms with Gasteiger partial charge in [0.1, 0.15) is 0 Å². The molecule has 1 saturated heterocycles. The van der Waals surface area contributed by atoms with Gasteiger partial charge in [0.05, 0.1) is 6.10 Å². The second kappa shape index (κ2) is 10.7. The summed E-state index contributed by atoms with van der Waals surface area (Å²) in [6.07, 6.45) is 12.3. The third kappa shape index (κ3) is 6.76. The van der Waals surface area contributed by atoms with E-state index in [2.05, 4.69) is 26.1 Å². The first-order valence-electron chi connectivity index (χ1n) is 8.66. The first-order valence-corrected chi connectivity index (χ1v) is 8.66. The SMILES string of the molecule is CCCNC(CCC1CCCO1)C(CCC)CCC. The fourth-order valence-electron chi connectivity index (χ4n) is 3.36. The average molecular weight is 269 g/mol. The fraction of sp³-hybridized carbons (Fsp3) is 1.00. The van der Waals surface area contributed by atoms with Crippen LogP contribution in [0.1, 0.15) is 78.6 Å².